The zero-order valence-electron chi connectivity index (χ0n) is 11.9. The lowest BCUT2D eigenvalue weighted by Gasteiger charge is -2.30. The molecule has 0 aliphatic carbocycles. The number of aromatic nitrogens is 1. The van der Waals surface area contributed by atoms with E-state index in [2.05, 4.69) is 41.9 Å². The number of fused-ring (bicyclic) bond motifs is 1. The van der Waals surface area contributed by atoms with Gasteiger partial charge in [0.05, 0.1) is 5.52 Å². The van der Waals surface area contributed by atoms with Crippen LogP contribution in [0.1, 0.15) is 26.0 Å². The molecule has 0 amide bonds. The molecule has 2 rings (SSSR count). The van der Waals surface area contributed by atoms with Crippen LogP contribution in [-0.4, -0.2) is 29.3 Å². The molecule has 2 aromatic rings. The molecule has 0 atom stereocenters. The molecule has 0 fully saturated rings. The van der Waals surface area contributed by atoms with E-state index in [-0.39, 0.29) is 6.61 Å². The lowest BCUT2D eigenvalue weighted by molar-refractivity contribution is 0.288. The summed E-state index contributed by atoms with van der Waals surface area (Å²) in [4.78, 5) is 6.92. The lowest BCUT2D eigenvalue weighted by Crippen LogP contribution is -2.32. The van der Waals surface area contributed by atoms with Crippen molar-refractivity contribution in [2.24, 2.45) is 0 Å². The van der Waals surface area contributed by atoms with Crippen molar-refractivity contribution in [1.82, 2.24) is 4.98 Å². The number of nitrogens with zero attached hydrogens (tertiary/aromatic N) is 2. The quantitative estimate of drug-likeness (QED) is 0.895. The summed E-state index contributed by atoms with van der Waals surface area (Å²) in [5, 5.41) is 10.3. The van der Waals surface area contributed by atoms with Gasteiger partial charge in [0.2, 0.25) is 0 Å². The molecule has 0 bridgehead atoms. The van der Waals surface area contributed by atoms with E-state index in [0.29, 0.717) is 6.04 Å². The number of hydrogen-bond acceptors (Lipinski definition) is 3. The van der Waals surface area contributed by atoms with Crippen molar-refractivity contribution in [3.05, 3.63) is 36.0 Å². The Kier molecular flexibility index (Phi) is 4.38. The molecule has 0 saturated carbocycles. The minimum absolute atomic E-state index is 0.227. The Bertz CT molecular complexity index is 551. The monoisotopic (exact) mass is 258 g/mol. The van der Waals surface area contributed by atoms with Crippen LogP contribution in [0.2, 0.25) is 0 Å². The van der Waals surface area contributed by atoms with Crippen LogP contribution in [0.5, 0.6) is 0 Å². The molecule has 1 aromatic heterocycles. The molecular formula is C16H22N2O. The number of rotatable bonds is 5. The van der Waals surface area contributed by atoms with Crippen LogP contribution in [0.25, 0.3) is 10.9 Å². The molecule has 0 saturated heterocycles. The predicted molar refractivity (Wildman–Crippen MR) is 80.7 cm³/mol. The Morgan fingerprint density at radius 3 is 2.68 bits per heavy atom. The van der Waals surface area contributed by atoms with Crippen LogP contribution in [0.3, 0.4) is 0 Å². The molecule has 1 N–H and O–H groups in total. The molecule has 1 aromatic carbocycles. The van der Waals surface area contributed by atoms with Crippen LogP contribution in [0.15, 0.2) is 30.3 Å². The van der Waals surface area contributed by atoms with E-state index in [0.717, 1.165) is 24.2 Å². The molecule has 1 heterocycles. The van der Waals surface area contributed by atoms with E-state index in [9.17, 15) is 0 Å². The average molecular weight is 258 g/mol. The first kappa shape index (κ1) is 13.8. The second kappa shape index (κ2) is 6.02. The van der Waals surface area contributed by atoms with Gasteiger partial charge in [0.25, 0.3) is 0 Å². The van der Waals surface area contributed by atoms with Crippen LogP contribution >= 0.6 is 0 Å². The maximum absolute atomic E-state index is 9.07. The van der Waals surface area contributed by atoms with Crippen molar-refractivity contribution in [3.8, 4) is 0 Å². The maximum Gasteiger partial charge on any atom is 0.0726 e. The number of pyridine rings is 1. The van der Waals surface area contributed by atoms with Gasteiger partial charge in [0.1, 0.15) is 0 Å². The van der Waals surface area contributed by atoms with Gasteiger partial charge in [-0.25, -0.2) is 0 Å². The lowest BCUT2D eigenvalue weighted by atomic mass is 10.1. The van der Waals surface area contributed by atoms with Crippen molar-refractivity contribution in [2.75, 3.05) is 18.1 Å². The Labute approximate surface area is 114 Å². The normalized spacial score (nSPS) is 11.2. The standard InChI is InChI=1S/C16H22N2O/c1-12(2)18(9-6-10-19)16-11-13(3)17-15-8-5-4-7-14(15)16/h4-5,7-8,11-12,19H,6,9-10H2,1-3H3. The summed E-state index contributed by atoms with van der Waals surface area (Å²) < 4.78 is 0. The average Bonchev–Trinajstić information content (AvgIpc) is 2.38. The molecule has 0 aliphatic rings. The van der Waals surface area contributed by atoms with Crippen molar-refractivity contribution < 1.29 is 5.11 Å². The fourth-order valence-electron chi connectivity index (χ4n) is 2.42. The highest BCUT2D eigenvalue weighted by molar-refractivity contribution is 5.92. The Morgan fingerprint density at radius 2 is 2.00 bits per heavy atom. The summed E-state index contributed by atoms with van der Waals surface area (Å²) in [6.07, 6.45) is 0.786. The molecule has 0 radical (unpaired) electrons. The molecule has 0 aliphatic heterocycles. The zero-order valence-corrected chi connectivity index (χ0v) is 11.9. The molecule has 19 heavy (non-hydrogen) atoms. The summed E-state index contributed by atoms with van der Waals surface area (Å²) >= 11 is 0. The fraction of sp³-hybridized carbons (Fsp3) is 0.438. The van der Waals surface area contributed by atoms with E-state index < -0.39 is 0 Å². The first-order chi connectivity index (χ1) is 9.13. The maximum atomic E-state index is 9.07. The van der Waals surface area contributed by atoms with Gasteiger partial charge in [-0.1, -0.05) is 18.2 Å². The van der Waals surface area contributed by atoms with Crippen molar-refractivity contribution >= 4 is 16.6 Å². The molecule has 0 unspecified atom stereocenters. The predicted octanol–water partition coefficient (Wildman–Crippen LogP) is 3.14. The van der Waals surface area contributed by atoms with Gasteiger partial charge in [0.15, 0.2) is 0 Å². The number of anilines is 1. The van der Waals surface area contributed by atoms with Crippen LogP contribution in [-0.2, 0) is 0 Å². The largest absolute Gasteiger partial charge is 0.396 e. The Morgan fingerprint density at radius 1 is 1.26 bits per heavy atom. The van der Waals surface area contributed by atoms with Gasteiger partial charge in [-0.2, -0.15) is 0 Å². The molecular weight excluding hydrogens is 236 g/mol. The van der Waals surface area contributed by atoms with E-state index in [1.54, 1.807) is 0 Å². The number of aliphatic hydroxyl groups is 1. The summed E-state index contributed by atoms with van der Waals surface area (Å²) in [6, 6.07) is 10.8. The summed E-state index contributed by atoms with van der Waals surface area (Å²) in [7, 11) is 0. The highest BCUT2D eigenvalue weighted by atomic mass is 16.3. The van der Waals surface area contributed by atoms with E-state index in [4.69, 9.17) is 5.11 Å². The summed E-state index contributed by atoms with van der Waals surface area (Å²) in [5.41, 5.74) is 3.28. The van der Waals surface area contributed by atoms with Gasteiger partial charge in [-0.15, -0.1) is 0 Å². The fourth-order valence-corrected chi connectivity index (χ4v) is 2.42. The van der Waals surface area contributed by atoms with Crippen LogP contribution in [0, 0.1) is 6.92 Å². The molecule has 3 heteroatoms. The minimum atomic E-state index is 0.227. The number of benzene rings is 1. The van der Waals surface area contributed by atoms with Crippen LogP contribution < -0.4 is 4.90 Å². The third kappa shape index (κ3) is 3.04. The van der Waals surface area contributed by atoms with Gasteiger partial charge in [-0.05, 0) is 39.3 Å². The SMILES string of the molecule is Cc1cc(N(CCCO)C(C)C)c2ccccc2n1. The smallest absolute Gasteiger partial charge is 0.0726 e. The summed E-state index contributed by atoms with van der Waals surface area (Å²) in [6.45, 7) is 7.48. The highest BCUT2D eigenvalue weighted by Gasteiger charge is 2.14. The third-order valence-corrected chi connectivity index (χ3v) is 3.31. The van der Waals surface area contributed by atoms with Gasteiger partial charge >= 0.3 is 0 Å². The van der Waals surface area contributed by atoms with E-state index in [1.807, 2.05) is 19.1 Å². The van der Waals surface area contributed by atoms with Gasteiger partial charge in [0, 0.05) is 36.0 Å². The van der Waals surface area contributed by atoms with Gasteiger partial charge in [-0.3, -0.25) is 4.98 Å². The molecule has 0 spiro atoms. The Hall–Kier alpha value is -1.61. The molecule has 3 nitrogen and oxygen atoms in total. The van der Waals surface area contributed by atoms with Gasteiger partial charge < -0.3 is 10.0 Å². The summed E-state index contributed by atoms with van der Waals surface area (Å²) in [5.74, 6) is 0. The number of aryl methyl sites for hydroxylation is 1. The van der Waals surface area contributed by atoms with E-state index in [1.165, 1.54) is 11.1 Å². The van der Waals surface area contributed by atoms with Crippen LogP contribution in [0.4, 0.5) is 5.69 Å². The minimum Gasteiger partial charge on any atom is -0.396 e. The molecule has 102 valence electrons. The third-order valence-electron chi connectivity index (χ3n) is 3.31. The number of aliphatic hydroxyl groups excluding tert-OH is 1. The highest BCUT2D eigenvalue weighted by Crippen LogP contribution is 2.28. The van der Waals surface area contributed by atoms with Crippen molar-refractivity contribution in [3.63, 3.8) is 0 Å². The topological polar surface area (TPSA) is 36.4 Å². The van der Waals surface area contributed by atoms with E-state index >= 15 is 0 Å². The second-order valence-electron chi connectivity index (χ2n) is 5.16. The number of para-hydroxylation sites is 1. The first-order valence-electron chi connectivity index (χ1n) is 6.87. The van der Waals surface area contributed by atoms with Crippen molar-refractivity contribution in [2.45, 2.75) is 33.2 Å². The second-order valence-corrected chi connectivity index (χ2v) is 5.16. The Balaban J connectivity index is 2.51. The number of hydrogen-bond donors (Lipinski definition) is 1. The van der Waals surface area contributed by atoms with Crippen molar-refractivity contribution in [1.29, 1.82) is 0 Å². The zero-order chi connectivity index (χ0) is 13.8. The first-order valence-corrected chi connectivity index (χ1v) is 6.87.